The monoisotopic (exact) mass is 218 g/mol. The van der Waals surface area contributed by atoms with Gasteiger partial charge in [0.2, 0.25) is 5.69 Å². The summed E-state index contributed by atoms with van der Waals surface area (Å²) in [6, 6.07) is 8.70. The molecule has 0 aliphatic rings. The molecule has 1 heteroatoms. The van der Waals surface area contributed by atoms with Gasteiger partial charge >= 0.3 is 0 Å². The Morgan fingerprint density at radius 1 is 1.06 bits per heavy atom. The van der Waals surface area contributed by atoms with Gasteiger partial charge in [-0.1, -0.05) is 6.07 Å². The Balaban J connectivity index is 2.80. The standard InChI is InChI=1S/C15H18N/c1-11-8-9-14(13(3)12(11)2)15-7-5-6-10-16(15)4/h5-10H,1-4H3/q+1/i1D3,2D3. The van der Waals surface area contributed by atoms with Crippen LogP contribution in [0.15, 0.2) is 36.5 Å². The number of hydrogen-bond acceptors (Lipinski definition) is 0. The fourth-order valence-electron chi connectivity index (χ4n) is 1.79. The van der Waals surface area contributed by atoms with Gasteiger partial charge < -0.3 is 0 Å². The van der Waals surface area contributed by atoms with Gasteiger partial charge in [0.05, 0.1) is 0 Å². The lowest BCUT2D eigenvalue weighted by molar-refractivity contribution is -0.660. The Kier molecular flexibility index (Phi) is 1.44. The zero-order valence-electron chi connectivity index (χ0n) is 15.4. The first-order chi connectivity index (χ1) is 10.0. The summed E-state index contributed by atoms with van der Waals surface area (Å²) in [6.45, 7) is -3.26. The summed E-state index contributed by atoms with van der Waals surface area (Å²) >= 11 is 0. The van der Waals surface area contributed by atoms with E-state index in [1.807, 2.05) is 36.0 Å². The van der Waals surface area contributed by atoms with Crippen molar-refractivity contribution in [3.8, 4) is 11.3 Å². The van der Waals surface area contributed by atoms with E-state index in [4.69, 9.17) is 8.22 Å². The lowest BCUT2D eigenvalue weighted by Gasteiger charge is -2.09. The molecule has 0 spiro atoms. The molecule has 0 atom stereocenters. The van der Waals surface area contributed by atoms with Crippen LogP contribution in [0.25, 0.3) is 11.3 Å². The third-order valence-electron chi connectivity index (χ3n) is 2.80. The van der Waals surface area contributed by atoms with Gasteiger partial charge in [0.15, 0.2) is 6.20 Å². The number of aryl methyl sites for hydroxylation is 2. The lowest BCUT2D eigenvalue weighted by Crippen LogP contribution is -2.30. The van der Waals surface area contributed by atoms with E-state index in [2.05, 4.69) is 0 Å². The van der Waals surface area contributed by atoms with Gasteiger partial charge in [-0.3, -0.25) is 0 Å². The number of aromatic nitrogens is 1. The summed E-state index contributed by atoms with van der Waals surface area (Å²) in [6.07, 6.45) is 1.86. The molecule has 1 heterocycles. The highest BCUT2D eigenvalue weighted by atomic mass is 14.9. The average molecular weight is 218 g/mol. The second-order valence-electron chi connectivity index (χ2n) is 3.86. The molecule has 0 amide bonds. The molecule has 1 aromatic heterocycles. The van der Waals surface area contributed by atoms with E-state index in [0.29, 0.717) is 5.56 Å². The maximum absolute atomic E-state index is 7.72. The Hall–Kier alpha value is -1.63. The second-order valence-corrected chi connectivity index (χ2v) is 3.86. The fraction of sp³-hybridized carbons (Fsp3) is 0.267. The Labute approximate surface area is 106 Å². The van der Waals surface area contributed by atoms with Crippen LogP contribution in [0.2, 0.25) is 0 Å². The molecule has 0 aliphatic carbocycles. The quantitative estimate of drug-likeness (QED) is 0.648. The minimum atomic E-state index is -2.48. The zero-order valence-corrected chi connectivity index (χ0v) is 9.41. The van der Waals surface area contributed by atoms with Crippen LogP contribution in [-0.2, 0) is 7.05 Å². The summed E-state index contributed by atoms with van der Waals surface area (Å²) in [4.78, 5) is 0. The van der Waals surface area contributed by atoms with Gasteiger partial charge in [0.1, 0.15) is 7.05 Å². The van der Waals surface area contributed by atoms with Gasteiger partial charge in [-0.05, 0) is 49.5 Å². The molecule has 0 radical (unpaired) electrons. The van der Waals surface area contributed by atoms with E-state index < -0.39 is 13.7 Å². The van der Waals surface area contributed by atoms with Crippen molar-refractivity contribution in [2.45, 2.75) is 20.6 Å². The predicted octanol–water partition coefficient (Wildman–Crippen LogP) is 3.10. The topological polar surface area (TPSA) is 3.88 Å². The molecule has 0 N–H and O–H groups in total. The predicted molar refractivity (Wildman–Crippen MR) is 67.3 cm³/mol. The Bertz CT molecular complexity index is 700. The SMILES string of the molecule is [2H]C([2H])([2H])c1ccc(-c2cccc[n+]2C)c(C)c1C([2H])([2H])[2H]. The number of nitrogens with zero attached hydrogens (tertiary/aromatic N) is 1. The highest BCUT2D eigenvalue weighted by Crippen LogP contribution is 2.24. The molecule has 16 heavy (non-hydrogen) atoms. The molecular weight excluding hydrogens is 194 g/mol. The average Bonchev–Trinajstić information content (AvgIpc) is 2.37. The van der Waals surface area contributed by atoms with E-state index in [-0.39, 0.29) is 11.1 Å². The lowest BCUT2D eigenvalue weighted by atomic mass is 9.96. The van der Waals surface area contributed by atoms with Crippen molar-refractivity contribution in [3.05, 3.63) is 53.2 Å². The van der Waals surface area contributed by atoms with Gasteiger partial charge in [-0.15, -0.1) is 0 Å². The van der Waals surface area contributed by atoms with Crippen molar-refractivity contribution >= 4 is 0 Å². The van der Waals surface area contributed by atoms with E-state index in [0.717, 1.165) is 11.3 Å². The molecule has 2 aromatic rings. The third-order valence-corrected chi connectivity index (χ3v) is 2.80. The summed E-state index contributed by atoms with van der Waals surface area (Å²) in [7, 11) is 1.86. The van der Waals surface area contributed by atoms with Crippen LogP contribution < -0.4 is 4.57 Å². The first-order valence-corrected chi connectivity index (χ1v) is 5.13. The van der Waals surface area contributed by atoms with Gasteiger partial charge in [-0.2, -0.15) is 0 Å². The molecule has 0 unspecified atom stereocenters. The molecule has 0 saturated carbocycles. The van der Waals surface area contributed by atoms with Gasteiger partial charge in [-0.25, -0.2) is 4.57 Å². The van der Waals surface area contributed by atoms with Crippen LogP contribution in [0.4, 0.5) is 0 Å². The number of benzene rings is 1. The number of rotatable bonds is 1. The zero-order chi connectivity index (χ0) is 16.7. The van der Waals surface area contributed by atoms with Crippen molar-refractivity contribution in [2.24, 2.45) is 7.05 Å². The highest BCUT2D eigenvalue weighted by Gasteiger charge is 2.12. The number of hydrogen-bond donors (Lipinski definition) is 0. The fourth-order valence-corrected chi connectivity index (χ4v) is 1.79. The van der Waals surface area contributed by atoms with Crippen molar-refractivity contribution in [3.63, 3.8) is 0 Å². The van der Waals surface area contributed by atoms with Gasteiger partial charge in [0.25, 0.3) is 0 Å². The molecule has 2 rings (SSSR count). The van der Waals surface area contributed by atoms with Crippen molar-refractivity contribution in [1.29, 1.82) is 0 Å². The van der Waals surface area contributed by atoms with Gasteiger partial charge in [0, 0.05) is 25.9 Å². The second kappa shape index (κ2) is 4.09. The molecule has 0 fully saturated rings. The maximum atomic E-state index is 7.72. The first-order valence-electron chi connectivity index (χ1n) is 8.13. The van der Waals surface area contributed by atoms with Crippen LogP contribution in [0.3, 0.4) is 0 Å². The maximum Gasteiger partial charge on any atom is 0.212 e. The van der Waals surface area contributed by atoms with Crippen LogP contribution in [0, 0.1) is 20.6 Å². The summed E-state index contributed by atoms with van der Waals surface area (Å²) in [5.41, 5.74) is 1.86. The summed E-state index contributed by atoms with van der Waals surface area (Å²) < 4.78 is 47.8. The normalized spacial score (nSPS) is 17.6. The van der Waals surface area contributed by atoms with Crippen LogP contribution >= 0.6 is 0 Å². The Morgan fingerprint density at radius 3 is 2.62 bits per heavy atom. The summed E-state index contributed by atoms with van der Waals surface area (Å²) in [5.74, 6) is 0. The van der Waals surface area contributed by atoms with E-state index in [9.17, 15) is 0 Å². The van der Waals surface area contributed by atoms with E-state index in [1.54, 1.807) is 13.0 Å². The molecule has 0 aliphatic heterocycles. The van der Waals surface area contributed by atoms with Crippen LogP contribution in [0.1, 0.15) is 24.9 Å². The number of pyridine rings is 1. The van der Waals surface area contributed by atoms with E-state index >= 15 is 0 Å². The smallest absolute Gasteiger partial charge is 0.201 e. The minimum absolute atomic E-state index is 0.0751. The largest absolute Gasteiger partial charge is 0.212 e. The van der Waals surface area contributed by atoms with Crippen molar-refractivity contribution in [1.82, 2.24) is 0 Å². The molecule has 0 bridgehead atoms. The van der Waals surface area contributed by atoms with Crippen LogP contribution in [0.5, 0.6) is 0 Å². The van der Waals surface area contributed by atoms with Crippen LogP contribution in [-0.4, -0.2) is 0 Å². The minimum Gasteiger partial charge on any atom is -0.201 e. The molecule has 82 valence electrons. The third kappa shape index (κ3) is 1.73. The molecule has 1 nitrogen and oxygen atoms in total. The van der Waals surface area contributed by atoms with E-state index in [1.165, 1.54) is 6.07 Å². The molecular formula is C15H18N+. The molecule has 0 saturated heterocycles. The highest BCUT2D eigenvalue weighted by molar-refractivity contribution is 5.63. The Morgan fingerprint density at radius 2 is 1.94 bits per heavy atom. The van der Waals surface area contributed by atoms with Crippen molar-refractivity contribution < 1.29 is 12.8 Å². The van der Waals surface area contributed by atoms with Crippen molar-refractivity contribution in [2.75, 3.05) is 0 Å². The summed E-state index contributed by atoms with van der Waals surface area (Å²) in [5, 5.41) is 0. The first kappa shape index (κ1) is 5.62. The molecule has 1 aromatic carbocycles.